The third-order valence-electron chi connectivity index (χ3n) is 4.27. The van der Waals surface area contributed by atoms with Crippen molar-refractivity contribution in [3.05, 3.63) is 53.2 Å². The highest BCUT2D eigenvalue weighted by Crippen LogP contribution is 2.42. The molecule has 0 aliphatic carbocycles. The second kappa shape index (κ2) is 6.89. The van der Waals surface area contributed by atoms with Crippen LogP contribution in [0, 0.1) is 6.92 Å². The van der Waals surface area contributed by atoms with Gasteiger partial charge in [-0.25, -0.2) is 0 Å². The predicted octanol–water partition coefficient (Wildman–Crippen LogP) is 4.20. The van der Waals surface area contributed by atoms with Crippen molar-refractivity contribution < 1.29 is 14.3 Å². The Morgan fingerprint density at radius 1 is 1.08 bits per heavy atom. The van der Waals surface area contributed by atoms with Crippen LogP contribution in [0.5, 0.6) is 11.5 Å². The Bertz CT molecular complexity index is 839. The van der Waals surface area contributed by atoms with E-state index in [9.17, 15) is 4.79 Å². The number of carbonyl (C=O) groups is 1. The number of allylic oxidation sites excluding steroid dienone is 1. The highest BCUT2D eigenvalue weighted by molar-refractivity contribution is 6.32. The summed E-state index contributed by atoms with van der Waals surface area (Å²) in [5.41, 5.74) is 5.20. The number of methoxy groups -OCH3 is 2. The predicted molar refractivity (Wildman–Crippen MR) is 100 cm³/mol. The summed E-state index contributed by atoms with van der Waals surface area (Å²) in [6, 6.07) is 11.7. The molecule has 2 N–H and O–H groups in total. The lowest BCUT2D eigenvalue weighted by Gasteiger charge is -2.14. The third kappa shape index (κ3) is 3.18. The molecule has 1 heterocycles. The molecule has 0 aromatic heterocycles. The van der Waals surface area contributed by atoms with Gasteiger partial charge in [-0.15, -0.1) is 0 Å². The van der Waals surface area contributed by atoms with Crippen LogP contribution in [0.1, 0.15) is 24.5 Å². The first-order valence-electron chi connectivity index (χ1n) is 8.22. The molecule has 2 aromatic rings. The number of amides is 1. The van der Waals surface area contributed by atoms with Gasteiger partial charge in [0, 0.05) is 23.0 Å². The van der Waals surface area contributed by atoms with Crippen LogP contribution in [0.25, 0.3) is 5.57 Å². The van der Waals surface area contributed by atoms with Crippen LogP contribution in [0.3, 0.4) is 0 Å². The number of ether oxygens (including phenoxy) is 2. The molecule has 5 nitrogen and oxygen atoms in total. The van der Waals surface area contributed by atoms with Crippen molar-refractivity contribution in [2.45, 2.75) is 20.3 Å². The van der Waals surface area contributed by atoms with Gasteiger partial charge in [-0.3, -0.25) is 4.79 Å². The molecule has 0 fully saturated rings. The number of hydrogen-bond acceptors (Lipinski definition) is 4. The number of nitrogens with one attached hydrogen (secondary N) is 2. The minimum absolute atomic E-state index is 0.123. The van der Waals surface area contributed by atoms with Crippen molar-refractivity contribution in [1.29, 1.82) is 0 Å². The lowest BCUT2D eigenvalue weighted by molar-refractivity contribution is -0.110. The summed E-state index contributed by atoms with van der Waals surface area (Å²) in [6.07, 6.45) is 0.699. The number of benzene rings is 2. The molecule has 0 spiro atoms. The molecule has 0 saturated carbocycles. The Kier molecular flexibility index (Phi) is 4.65. The Morgan fingerprint density at radius 3 is 2.32 bits per heavy atom. The molecule has 0 saturated heterocycles. The molecule has 1 amide bonds. The van der Waals surface area contributed by atoms with Crippen LogP contribution in [-0.2, 0) is 4.79 Å². The van der Waals surface area contributed by atoms with E-state index in [0.717, 1.165) is 22.6 Å². The molecule has 0 atom stereocenters. The quantitative estimate of drug-likeness (QED) is 0.802. The van der Waals surface area contributed by atoms with Crippen molar-refractivity contribution in [2.75, 3.05) is 24.9 Å². The standard InChI is InChI=1S/C20H22N2O3/c1-5-15(21-13-8-6-12(2)7-9-13)19-14-10-17(24-3)18(25-4)11-16(14)22-20(19)23/h6-11,21H,5H2,1-4H3,(H,22,23). The number of anilines is 2. The minimum atomic E-state index is -0.123. The van der Waals surface area contributed by atoms with Gasteiger partial charge in [0.15, 0.2) is 11.5 Å². The fourth-order valence-corrected chi connectivity index (χ4v) is 2.93. The molecule has 0 bridgehead atoms. The third-order valence-corrected chi connectivity index (χ3v) is 4.27. The second-order valence-electron chi connectivity index (χ2n) is 5.91. The maximum absolute atomic E-state index is 12.6. The average molecular weight is 338 g/mol. The smallest absolute Gasteiger partial charge is 0.258 e. The number of rotatable bonds is 5. The summed E-state index contributed by atoms with van der Waals surface area (Å²) in [5, 5.41) is 6.29. The average Bonchev–Trinajstić information content (AvgIpc) is 2.94. The molecular weight excluding hydrogens is 316 g/mol. The Balaban J connectivity index is 2.07. The van der Waals surface area contributed by atoms with E-state index in [0.29, 0.717) is 23.5 Å². The lowest BCUT2D eigenvalue weighted by atomic mass is 10.0. The molecule has 130 valence electrons. The van der Waals surface area contributed by atoms with E-state index in [1.54, 1.807) is 20.3 Å². The second-order valence-corrected chi connectivity index (χ2v) is 5.91. The Morgan fingerprint density at radius 2 is 1.72 bits per heavy atom. The monoisotopic (exact) mass is 338 g/mol. The first-order chi connectivity index (χ1) is 12.1. The first kappa shape index (κ1) is 16.9. The lowest BCUT2D eigenvalue weighted by Crippen LogP contribution is -2.10. The van der Waals surface area contributed by atoms with Gasteiger partial charge in [-0.05, 0) is 31.5 Å². The zero-order valence-corrected chi connectivity index (χ0v) is 14.9. The van der Waals surface area contributed by atoms with Gasteiger partial charge in [-0.2, -0.15) is 0 Å². The van der Waals surface area contributed by atoms with E-state index < -0.39 is 0 Å². The number of aryl methyl sites for hydroxylation is 1. The van der Waals surface area contributed by atoms with E-state index >= 15 is 0 Å². The molecular formula is C20H22N2O3. The van der Waals surface area contributed by atoms with Crippen LogP contribution in [0.2, 0.25) is 0 Å². The fourth-order valence-electron chi connectivity index (χ4n) is 2.93. The van der Waals surface area contributed by atoms with Gasteiger partial charge in [0.2, 0.25) is 0 Å². The molecule has 3 rings (SSSR count). The van der Waals surface area contributed by atoms with Crippen molar-refractivity contribution in [3.63, 3.8) is 0 Å². The summed E-state index contributed by atoms with van der Waals surface area (Å²) >= 11 is 0. The van der Waals surface area contributed by atoms with E-state index in [1.165, 1.54) is 5.56 Å². The first-order valence-corrected chi connectivity index (χ1v) is 8.22. The summed E-state index contributed by atoms with van der Waals surface area (Å²) < 4.78 is 10.7. The molecule has 5 heteroatoms. The molecule has 0 unspecified atom stereocenters. The largest absolute Gasteiger partial charge is 0.493 e. The van der Waals surface area contributed by atoms with Gasteiger partial charge >= 0.3 is 0 Å². The van der Waals surface area contributed by atoms with Gasteiger partial charge < -0.3 is 20.1 Å². The summed E-state index contributed by atoms with van der Waals surface area (Å²) in [5.74, 6) is 1.06. The zero-order valence-electron chi connectivity index (χ0n) is 14.9. The zero-order chi connectivity index (χ0) is 18.0. The fraction of sp³-hybridized carbons (Fsp3) is 0.250. The minimum Gasteiger partial charge on any atom is -0.493 e. The number of fused-ring (bicyclic) bond motifs is 1. The summed E-state index contributed by atoms with van der Waals surface area (Å²) in [4.78, 5) is 12.6. The van der Waals surface area contributed by atoms with E-state index in [-0.39, 0.29) is 5.91 Å². The van der Waals surface area contributed by atoms with E-state index in [4.69, 9.17) is 9.47 Å². The SMILES string of the molecule is CCC(Nc1ccc(C)cc1)=C1C(=O)Nc2cc(OC)c(OC)cc21. The van der Waals surface area contributed by atoms with Crippen molar-refractivity contribution in [3.8, 4) is 11.5 Å². The van der Waals surface area contributed by atoms with E-state index in [1.807, 2.05) is 44.2 Å². The summed E-state index contributed by atoms with van der Waals surface area (Å²) in [6.45, 7) is 4.07. The molecule has 1 aliphatic rings. The highest BCUT2D eigenvalue weighted by Gasteiger charge is 2.29. The summed E-state index contributed by atoms with van der Waals surface area (Å²) in [7, 11) is 3.16. The Labute approximate surface area is 147 Å². The number of carbonyl (C=O) groups excluding carboxylic acids is 1. The van der Waals surface area contributed by atoms with Crippen LogP contribution in [0.15, 0.2) is 42.1 Å². The maximum atomic E-state index is 12.6. The molecule has 2 aromatic carbocycles. The molecule has 1 aliphatic heterocycles. The van der Waals surface area contributed by atoms with E-state index in [2.05, 4.69) is 10.6 Å². The van der Waals surface area contributed by atoms with Crippen molar-refractivity contribution >= 4 is 22.9 Å². The van der Waals surface area contributed by atoms with Gasteiger partial charge in [0.25, 0.3) is 5.91 Å². The van der Waals surface area contributed by atoms with Crippen LogP contribution in [0.4, 0.5) is 11.4 Å². The van der Waals surface area contributed by atoms with Gasteiger partial charge in [0.1, 0.15) is 0 Å². The molecule has 0 radical (unpaired) electrons. The maximum Gasteiger partial charge on any atom is 0.258 e. The van der Waals surface area contributed by atoms with Crippen molar-refractivity contribution in [2.24, 2.45) is 0 Å². The van der Waals surface area contributed by atoms with Crippen molar-refractivity contribution in [1.82, 2.24) is 0 Å². The highest BCUT2D eigenvalue weighted by atomic mass is 16.5. The normalized spacial score (nSPS) is 14.6. The van der Waals surface area contributed by atoms with Crippen LogP contribution in [-0.4, -0.2) is 20.1 Å². The van der Waals surface area contributed by atoms with Crippen LogP contribution < -0.4 is 20.1 Å². The van der Waals surface area contributed by atoms with Gasteiger partial charge in [-0.1, -0.05) is 24.6 Å². The Hall–Kier alpha value is -2.95. The number of hydrogen-bond donors (Lipinski definition) is 2. The topological polar surface area (TPSA) is 59.6 Å². The van der Waals surface area contributed by atoms with Gasteiger partial charge in [0.05, 0.1) is 25.5 Å². The molecule has 25 heavy (non-hydrogen) atoms. The van der Waals surface area contributed by atoms with Crippen LogP contribution >= 0.6 is 0 Å².